The molecule has 0 amide bonds. The van der Waals surface area contributed by atoms with Gasteiger partial charge in [-0.05, 0) is 62.8 Å². The molecule has 0 aliphatic carbocycles. The van der Waals surface area contributed by atoms with E-state index >= 15 is 0 Å². The summed E-state index contributed by atoms with van der Waals surface area (Å²) in [7, 11) is 0. The van der Waals surface area contributed by atoms with Gasteiger partial charge in [-0.3, -0.25) is 0 Å². The molecule has 1 aliphatic rings. The van der Waals surface area contributed by atoms with E-state index in [9.17, 15) is 0 Å². The summed E-state index contributed by atoms with van der Waals surface area (Å²) in [6.45, 7) is 6.71. The maximum atomic E-state index is 5.43. The van der Waals surface area contributed by atoms with Crippen LogP contribution in [0.5, 0.6) is 0 Å². The standard InChI is InChI=1S/C14H19N3S/c1-11-4-5-12-13(10-11)17(14(18)15-12)9-8-16-6-2-3-7-16/h4-5,10H,2-3,6-9H2,1H3,(H,15,18). The maximum absolute atomic E-state index is 5.43. The first kappa shape index (κ1) is 11.9. The van der Waals surface area contributed by atoms with E-state index in [0.29, 0.717) is 0 Å². The lowest BCUT2D eigenvalue weighted by molar-refractivity contribution is 0.323. The van der Waals surface area contributed by atoms with Crippen molar-refractivity contribution in [1.29, 1.82) is 0 Å². The summed E-state index contributed by atoms with van der Waals surface area (Å²) in [6.07, 6.45) is 2.69. The first-order valence-corrected chi connectivity index (χ1v) is 7.06. The second-order valence-electron chi connectivity index (χ2n) is 5.15. The minimum absolute atomic E-state index is 0.842. The van der Waals surface area contributed by atoms with Crippen LogP contribution < -0.4 is 0 Å². The maximum Gasteiger partial charge on any atom is 0.178 e. The third kappa shape index (κ3) is 2.22. The highest BCUT2D eigenvalue weighted by Gasteiger charge is 2.12. The number of nitrogens with one attached hydrogen (secondary N) is 1. The minimum Gasteiger partial charge on any atom is -0.331 e. The van der Waals surface area contributed by atoms with Gasteiger partial charge in [0.1, 0.15) is 0 Å². The summed E-state index contributed by atoms with van der Waals surface area (Å²) in [4.78, 5) is 5.81. The van der Waals surface area contributed by atoms with E-state index in [1.807, 2.05) is 0 Å². The van der Waals surface area contributed by atoms with Crippen LogP contribution in [0.15, 0.2) is 18.2 Å². The van der Waals surface area contributed by atoms with E-state index < -0.39 is 0 Å². The van der Waals surface area contributed by atoms with E-state index in [4.69, 9.17) is 12.2 Å². The minimum atomic E-state index is 0.842. The average molecular weight is 261 g/mol. The third-order valence-corrected chi connectivity index (χ3v) is 4.09. The number of nitrogens with zero attached hydrogens (tertiary/aromatic N) is 2. The molecule has 0 atom stereocenters. The molecule has 1 fully saturated rings. The molecule has 2 heterocycles. The summed E-state index contributed by atoms with van der Waals surface area (Å²) in [5.74, 6) is 0. The Labute approximate surface area is 112 Å². The van der Waals surface area contributed by atoms with Crippen LogP contribution in [0.25, 0.3) is 11.0 Å². The molecule has 0 saturated carbocycles. The molecule has 4 heteroatoms. The molecule has 3 rings (SSSR count). The Morgan fingerprint density at radius 3 is 2.78 bits per heavy atom. The number of aryl methyl sites for hydroxylation is 1. The summed E-state index contributed by atoms with van der Waals surface area (Å²) >= 11 is 5.43. The van der Waals surface area contributed by atoms with Gasteiger partial charge in [-0.15, -0.1) is 0 Å². The predicted molar refractivity (Wildman–Crippen MR) is 77.5 cm³/mol. The number of aromatic nitrogens is 2. The van der Waals surface area contributed by atoms with Crippen LogP contribution in [-0.4, -0.2) is 34.1 Å². The molecule has 18 heavy (non-hydrogen) atoms. The van der Waals surface area contributed by atoms with Gasteiger partial charge >= 0.3 is 0 Å². The van der Waals surface area contributed by atoms with Gasteiger partial charge in [-0.2, -0.15) is 0 Å². The average Bonchev–Trinajstić information content (AvgIpc) is 2.94. The SMILES string of the molecule is Cc1ccc2[nH]c(=S)n(CCN3CCCC3)c2c1. The van der Waals surface area contributed by atoms with E-state index in [1.165, 1.54) is 37.0 Å². The molecule has 0 bridgehead atoms. The van der Waals surface area contributed by atoms with E-state index in [0.717, 1.165) is 23.4 Å². The molecule has 0 radical (unpaired) electrons. The number of H-pyrrole nitrogens is 1. The van der Waals surface area contributed by atoms with E-state index in [-0.39, 0.29) is 0 Å². The van der Waals surface area contributed by atoms with Crippen molar-refractivity contribution >= 4 is 23.3 Å². The Kier molecular flexibility index (Phi) is 3.22. The zero-order valence-corrected chi connectivity index (χ0v) is 11.6. The number of benzene rings is 1. The van der Waals surface area contributed by atoms with Crippen LogP contribution in [0.3, 0.4) is 0 Å². The Bertz CT molecular complexity index is 605. The van der Waals surface area contributed by atoms with Gasteiger partial charge in [0.05, 0.1) is 11.0 Å². The number of hydrogen-bond acceptors (Lipinski definition) is 2. The fraction of sp³-hybridized carbons (Fsp3) is 0.500. The van der Waals surface area contributed by atoms with Gasteiger partial charge in [0.25, 0.3) is 0 Å². The van der Waals surface area contributed by atoms with Crippen molar-refractivity contribution in [1.82, 2.24) is 14.5 Å². The van der Waals surface area contributed by atoms with Crippen molar-refractivity contribution in [3.63, 3.8) is 0 Å². The van der Waals surface area contributed by atoms with Crippen LogP contribution >= 0.6 is 12.2 Å². The van der Waals surface area contributed by atoms with Gasteiger partial charge in [0, 0.05) is 13.1 Å². The highest BCUT2D eigenvalue weighted by atomic mass is 32.1. The first-order chi connectivity index (χ1) is 8.74. The van der Waals surface area contributed by atoms with E-state index in [1.54, 1.807) is 0 Å². The molecule has 1 aromatic heterocycles. The number of rotatable bonds is 3. The normalized spacial score (nSPS) is 16.7. The molecule has 96 valence electrons. The van der Waals surface area contributed by atoms with Gasteiger partial charge in [-0.1, -0.05) is 6.07 Å². The van der Waals surface area contributed by atoms with Crippen molar-refractivity contribution in [2.24, 2.45) is 0 Å². The Hall–Kier alpha value is -1.13. The monoisotopic (exact) mass is 261 g/mol. The fourth-order valence-electron chi connectivity index (χ4n) is 2.73. The summed E-state index contributed by atoms with van der Waals surface area (Å²) < 4.78 is 3.07. The van der Waals surface area contributed by atoms with Crippen LogP contribution in [-0.2, 0) is 6.54 Å². The molecule has 0 spiro atoms. The Morgan fingerprint density at radius 2 is 2.00 bits per heavy atom. The fourth-order valence-corrected chi connectivity index (χ4v) is 3.03. The predicted octanol–water partition coefficient (Wildman–Crippen LogP) is 3.10. The van der Waals surface area contributed by atoms with Gasteiger partial charge in [0.2, 0.25) is 0 Å². The molecule has 3 nitrogen and oxygen atoms in total. The lowest BCUT2D eigenvalue weighted by atomic mass is 10.2. The van der Waals surface area contributed by atoms with Crippen molar-refractivity contribution < 1.29 is 0 Å². The first-order valence-electron chi connectivity index (χ1n) is 6.65. The smallest absolute Gasteiger partial charge is 0.178 e. The molecule has 2 aromatic rings. The highest BCUT2D eigenvalue weighted by molar-refractivity contribution is 7.71. The molecule has 0 unspecified atom stereocenters. The molecule has 1 saturated heterocycles. The van der Waals surface area contributed by atoms with Crippen LogP contribution in [0.4, 0.5) is 0 Å². The largest absolute Gasteiger partial charge is 0.331 e. The highest BCUT2D eigenvalue weighted by Crippen LogP contribution is 2.16. The van der Waals surface area contributed by atoms with Crippen molar-refractivity contribution in [2.75, 3.05) is 19.6 Å². The van der Waals surface area contributed by atoms with Crippen molar-refractivity contribution in [2.45, 2.75) is 26.3 Å². The number of likely N-dealkylation sites (tertiary alicyclic amines) is 1. The van der Waals surface area contributed by atoms with Gasteiger partial charge in [0.15, 0.2) is 4.77 Å². The molecule has 1 N–H and O–H groups in total. The summed E-state index contributed by atoms with van der Waals surface area (Å²) in [5.41, 5.74) is 3.66. The number of imidazole rings is 1. The number of aromatic amines is 1. The Balaban J connectivity index is 1.87. The quantitative estimate of drug-likeness (QED) is 0.858. The molecule has 1 aliphatic heterocycles. The third-order valence-electron chi connectivity index (χ3n) is 3.77. The van der Waals surface area contributed by atoms with Crippen molar-refractivity contribution in [3.8, 4) is 0 Å². The Morgan fingerprint density at radius 1 is 1.22 bits per heavy atom. The number of hydrogen-bond donors (Lipinski definition) is 1. The van der Waals surface area contributed by atoms with Gasteiger partial charge in [-0.25, -0.2) is 0 Å². The lowest BCUT2D eigenvalue weighted by Crippen LogP contribution is -2.24. The molecule has 1 aromatic carbocycles. The van der Waals surface area contributed by atoms with E-state index in [2.05, 4.69) is 39.6 Å². The van der Waals surface area contributed by atoms with Crippen LogP contribution in [0.1, 0.15) is 18.4 Å². The molecular formula is C14H19N3S. The van der Waals surface area contributed by atoms with Crippen molar-refractivity contribution in [3.05, 3.63) is 28.5 Å². The van der Waals surface area contributed by atoms with Crippen LogP contribution in [0, 0.1) is 11.7 Å². The second-order valence-corrected chi connectivity index (χ2v) is 5.54. The topological polar surface area (TPSA) is 24.0 Å². The summed E-state index contributed by atoms with van der Waals surface area (Å²) in [5, 5.41) is 0. The van der Waals surface area contributed by atoms with Gasteiger partial charge < -0.3 is 14.5 Å². The zero-order chi connectivity index (χ0) is 12.5. The lowest BCUT2D eigenvalue weighted by Gasteiger charge is -2.15. The number of fused-ring (bicyclic) bond motifs is 1. The summed E-state index contributed by atoms with van der Waals surface area (Å²) in [6, 6.07) is 6.46. The zero-order valence-electron chi connectivity index (χ0n) is 10.8. The molecular weight excluding hydrogens is 242 g/mol. The second kappa shape index (κ2) is 4.86. The van der Waals surface area contributed by atoms with Crippen LogP contribution in [0.2, 0.25) is 0 Å².